The zero-order valence-electron chi connectivity index (χ0n) is 13.2. The highest BCUT2D eigenvalue weighted by atomic mass is 16.5. The van der Waals surface area contributed by atoms with Gasteiger partial charge in [-0.15, -0.1) is 0 Å². The van der Waals surface area contributed by atoms with Gasteiger partial charge in [0.1, 0.15) is 0 Å². The van der Waals surface area contributed by atoms with Gasteiger partial charge in [0, 0.05) is 42.9 Å². The number of hydrogen-bond donors (Lipinski definition) is 1. The highest BCUT2D eigenvalue weighted by Gasteiger charge is 2.28. The van der Waals surface area contributed by atoms with E-state index in [9.17, 15) is 9.90 Å². The molecule has 1 aliphatic heterocycles. The smallest absolute Gasteiger partial charge is 0.359 e. The van der Waals surface area contributed by atoms with E-state index in [0.717, 1.165) is 36.3 Å². The summed E-state index contributed by atoms with van der Waals surface area (Å²) in [6.45, 7) is 4.76. The van der Waals surface area contributed by atoms with Crippen molar-refractivity contribution in [1.82, 2.24) is 14.7 Å². The van der Waals surface area contributed by atoms with Crippen LogP contribution in [0, 0.1) is 0 Å². The number of ether oxygens (including phenoxy) is 1. The van der Waals surface area contributed by atoms with Gasteiger partial charge in [-0.05, 0) is 13.0 Å². The maximum Gasteiger partial charge on any atom is 0.359 e. The number of aliphatic hydroxyl groups excluding tert-OH is 1. The van der Waals surface area contributed by atoms with Gasteiger partial charge in [-0.1, -0.05) is 0 Å². The van der Waals surface area contributed by atoms with Crippen LogP contribution in [0.2, 0.25) is 0 Å². The first kappa shape index (κ1) is 15.8. The Kier molecular flexibility index (Phi) is 4.78. The van der Waals surface area contributed by atoms with Crippen LogP contribution in [0.5, 0.6) is 0 Å². The molecule has 1 aliphatic rings. The largest absolute Gasteiger partial charge is 0.472 e. The molecule has 0 fully saturated rings. The van der Waals surface area contributed by atoms with Gasteiger partial charge in [0.15, 0.2) is 5.69 Å². The molecule has 0 radical (unpaired) electrons. The third-order valence-corrected chi connectivity index (χ3v) is 3.98. The molecule has 3 heterocycles. The molecule has 0 unspecified atom stereocenters. The molecule has 0 spiro atoms. The molecule has 7 heteroatoms. The van der Waals surface area contributed by atoms with Gasteiger partial charge < -0.3 is 14.3 Å². The van der Waals surface area contributed by atoms with Crippen LogP contribution in [-0.2, 0) is 30.8 Å². The van der Waals surface area contributed by atoms with Crippen LogP contribution in [0.15, 0.2) is 23.0 Å². The second kappa shape index (κ2) is 6.97. The lowest BCUT2D eigenvalue weighted by atomic mass is 10.0. The number of aromatic nitrogens is 2. The van der Waals surface area contributed by atoms with E-state index < -0.39 is 5.97 Å². The molecule has 3 rings (SSSR count). The van der Waals surface area contributed by atoms with Crippen LogP contribution in [0.25, 0.3) is 0 Å². The van der Waals surface area contributed by atoms with Gasteiger partial charge >= 0.3 is 5.97 Å². The first-order valence-electron chi connectivity index (χ1n) is 7.83. The zero-order valence-corrected chi connectivity index (χ0v) is 13.2. The summed E-state index contributed by atoms with van der Waals surface area (Å²) in [4.78, 5) is 14.4. The van der Waals surface area contributed by atoms with Crippen LogP contribution >= 0.6 is 0 Å². The maximum absolute atomic E-state index is 12.2. The highest BCUT2D eigenvalue weighted by molar-refractivity contribution is 5.89. The number of aliphatic hydroxyl groups is 1. The van der Waals surface area contributed by atoms with E-state index in [4.69, 9.17) is 9.15 Å². The van der Waals surface area contributed by atoms with Gasteiger partial charge in [0.05, 0.1) is 32.3 Å². The third-order valence-electron chi connectivity index (χ3n) is 3.98. The minimum Gasteiger partial charge on any atom is -0.472 e. The van der Waals surface area contributed by atoms with Crippen LogP contribution < -0.4 is 0 Å². The predicted molar refractivity (Wildman–Crippen MR) is 81.8 cm³/mol. The lowest BCUT2D eigenvalue weighted by molar-refractivity contribution is 0.0515. The van der Waals surface area contributed by atoms with E-state index in [-0.39, 0.29) is 6.61 Å². The van der Waals surface area contributed by atoms with Crippen molar-refractivity contribution < 1.29 is 19.1 Å². The number of carbonyl (C=O) groups is 1. The Morgan fingerprint density at radius 1 is 1.52 bits per heavy atom. The Morgan fingerprint density at radius 2 is 2.39 bits per heavy atom. The number of nitrogens with zero attached hydrogens (tertiary/aromatic N) is 3. The lowest BCUT2D eigenvalue weighted by Crippen LogP contribution is -2.31. The summed E-state index contributed by atoms with van der Waals surface area (Å²) in [6, 6.07) is 1.94. The summed E-state index contributed by atoms with van der Waals surface area (Å²) in [6.07, 6.45) is 4.19. The SMILES string of the molecule is CCOC(=O)c1nn(CCO)c2c1CN(Cc1ccoc1)CC2. The van der Waals surface area contributed by atoms with Crippen molar-refractivity contribution in [2.24, 2.45) is 0 Å². The first-order valence-corrected chi connectivity index (χ1v) is 7.83. The lowest BCUT2D eigenvalue weighted by Gasteiger charge is -2.27. The third kappa shape index (κ3) is 3.30. The fourth-order valence-electron chi connectivity index (χ4n) is 2.97. The van der Waals surface area contributed by atoms with E-state index >= 15 is 0 Å². The second-order valence-electron chi connectivity index (χ2n) is 5.53. The van der Waals surface area contributed by atoms with E-state index in [2.05, 4.69) is 10.00 Å². The summed E-state index contributed by atoms with van der Waals surface area (Å²) in [5.74, 6) is -0.398. The Labute approximate surface area is 134 Å². The van der Waals surface area contributed by atoms with Crippen LogP contribution in [0.4, 0.5) is 0 Å². The van der Waals surface area contributed by atoms with E-state index in [1.54, 1.807) is 24.1 Å². The molecule has 0 aliphatic carbocycles. The minimum absolute atomic E-state index is 0.00484. The Hall–Kier alpha value is -2.12. The normalized spacial score (nSPS) is 14.7. The average molecular weight is 319 g/mol. The molecule has 124 valence electrons. The average Bonchev–Trinajstić information content (AvgIpc) is 3.16. The standard InChI is InChI=1S/C16H21N3O4/c1-2-23-16(21)15-13-10-18(9-12-4-8-22-11-12)5-3-14(13)19(17-15)6-7-20/h4,8,11,20H,2-3,5-7,9-10H2,1H3. The van der Waals surface area contributed by atoms with E-state index in [1.165, 1.54) is 0 Å². The first-order chi connectivity index (χ1) is 11.2. The highest BCUT2D eigenvalue weighted by Crippen LogP contribution is 2.24. The molecule has 0 atom stereocenters. The maximum atomic E-state index is 12.2. The molecule has 7 nitrogen and oxygen atoms in total. The summed E-state index contributed by atoms with van der Waals surface area (Å²) in [7, 11) is 0. The van der Waals surface area contributed by atoms with Crippen LogP contribution in [0.1, 0.15) is 34.2 Å². The number of rotatable bonds is 6. The van der Waals surface area contributed by atoms with Gasteiger partial charge in [-0.3, -0.25) is 9.58 Å². The second-order valence-corrected chi connectivity index (χ2v) is 5.53. The topological polar surface area (TPSA) is 80.7 Å². The van der Waals surface area contributed by atoms with E-state index in [1.807, 2.05) is 6.07 Å². The molecule has 2 aromatic rings. The van der Waals surface area contributed by atoms with Crippen molar-refractivity contribution >= 4 is 5.97 Å². The molecule has 0 aromatic carbocycles. The molecular formula is C16H21N3O4. The van der Waals surface area contributed by atoms with Crippen molar-refractivity contribution in [3.05, 3.63) is 41.1 Å². The van der Waals surface area contributed by atoms with Crippen LogP contribution in [0.3, 0.4) is 0 Å². The monoisotopic (exact) mass is 319 g/mol. The van der Waals surface area contributed by atoms with E-state index in [0.29, 0.717) is 25.4 Å². The molecular weight excluding hydrogens is 298 g/mol. The van der Waals surface area contributed by atoms with Crippen molar-refractivity contribution in [2.45, 2.75) is 33.0 Å². The van der Waals surface area contributed by atoms with Gasteiger partial charge in [0.25, 0.3) is 0 Å². The molecule has 23 heavy (non-hydrogen) atoms. The zero-order chi connectivity index (χ0) is 16.2. The fourth-order valence-corrected chi connectivity index (χ4v) is 2.97. The molecule has 1 N–H and O–H groups in total. The predicted octanol–water partition coefficient (Wildman–Crippen LogP) is 1.20. The van der Waals surface area contributed by atoms with Crippen molar-refractivity contribution in [1.29, 1.82) is 0 Å². The summed E-state index contributed by atoms with van der Waals surface area (Å²) in [5.41, 5.74) is 3.40. The number of hydrogen-bond acceptors (Lipinski definition) is 6. The summed E-state index contributed by atoms with van der Waals surface area (Å²) >= 11 is 0. The van der Waals surface area contributed by atoms with Crippen molar-refractivity contribution in [2.75, 3.05) is 19.8 Å². The number of carbonyl (C=O) groups excluding carboxylic acids is 1. The summed E-state index contributed by atoms with van der Waals surface area (Å²) in [5, 5.41) is 13.6. The number of fused-ring (bicyclic) bond motifs is 1. The van der Waals surface area contributed by atoms with Gasteiger partial charge in [-0.25, -0.2) is 4.79 Å². The Morgan fingerprint density at radius 3 is 3.09 bits per heavy atom. The minimum atomic E-state index is -0.398. The van der Waals surface area contributed by atoms with Gasteiger partial charge in [0.2, 0.25) is 0 Å². The molecule has 0 bridgehead atoms. The Balaban J connectivity index is 1.84. The van der Waals surface area contributed by atoms with Gasteiger partial charge in [-0.2, -0.15) is 5.10 Å². The molecule has 0 saturated heterocycles. The number of furan rings is 1. The number of esters is 1. The summed E-state index contributed by atoms with van der Waals surface area (Å²) < 4.78 is 12.0. The van der Waals surface area contributed by atoms with Crippen LogP contribution in [-0.4, -0.2) is 45.5 Å². The Bertz CT molecular complexity index is 663. The fraction of sp³-hybridized carbons (Fsp3) is 0.500. The van der Waals surface area contributed by atoms with Crippen molar-refractivity contribution in [3.8, 4) is 0 Å². The quantitative estimate of drug-likeness (QED) is 0.806. The molecule has 0 amide bonds. The molecule has 2 aromatic heterocycles. The van der Waals surface area contributed by atoms with Crippen molar-refractivity contribution in [3.63, 3.8) is 0 Å². The molecule has 0 saturated carbocycles.